The molecule has 0 aromatic heterocycles. The summed E-state index contributed by atoms with van der Waals surface area (Å²) >= 11 is 0. The highest BCUT2D eigenvalue weighted by Gasteiger charge is 2.28. The normalized spacial score (nSPS) is 14.6. The van der Waals surface area contributed by atoms with Crippen molar-refractivity contribution >= 4 is 33.3 Å². The van der Waals surface area contributed by atoms with Crippen LogP contribution in [0.5, 0.6) is 5.75 Å². The number of carbonyl (C=O) groups is 2. The molecule has 0 bridgehead atoms. The lowest BCUT2D eigenvalue weighted by molar-refractivity contribution is -0.119. The third-order valence-electron chi connectivity index (χ3n) is 4.80. The average molecular weight is 464 g/mol. The zero-order valence-electron chi connectivity index (χ0n) is 17.8. The summed E-state index contributed by atoms with van der Waals surface area (Å²) < 4.78 is 36.9. The van der Waals surface area contributed by atoms with E-state index in [1.807, 2.05) is 31.1 Å². The topological polar surface area (TPSA) is 125 Å². The van der Waals surface area contributed by atoms with Crippen molar-refractivity contribution in [3.8, 4) is 5.75 Å². The van der Waals surface area contributed by atoms with Gasteiger partial charge >= 0.3 is 5.97 Å². The molecule has 0 unspecified atom stereocenters. The number of morpholine rings is 1. The van der Waals surface area contributed by atoms with Gasteiger partial charge in [-0.05, 0) is 42.5 Å². The Morgan fingerprint density at radius 2 is 1.78 bits per heavy atom. The molecule has 1 fully saturated rings. The van der Waals surface area contributed by atoms with Crippen LogP contribution >= 0.6 is 0 Å². The minimum absolute atomic E-state index is 0.158. The first-order valence-corrected chi connectivity index (χ1v) is 11.3. The Hall–Kier alpha value is -3.15. The second-order valence-corrected chi connectivity index (χ2v) is 9.20. The number of hydrogen-bond acceptors (Lipinski definition) is 8. The lowest BCUT2D eigenvalue weighted by atomic mass is 10.2. The zero-order chi connectivity index (χ0) is 23.3. The number of nitrogens with zero attached hydrogens (tertiary/aromatic N) is 2. The highest BCUT2D eigenvalue weighted by Crippen LogP contribution is 2.25. The minimum atomic E-state index is -3.86. The van der Waals surface area contributed by atoms with E-state index in [0.717, 1.165) is 17.8 Å². The van der Waals surface area contributed by atoms with Gasteiger partial charge in [0.2, 0.25) is 10.0 Å². The average Bonchev–Trinajstić information content (AvgIpc) is 2.78. The fourth-order valence-corrected chi connectivity index (χ4v) is 4.46. The first-order chi connectivity index (χ1) is 15.2. The molecule has 10 nitrogen and oxygen atoms in total. The lowest BCUT2D eigenvalue weighted by Crippen LogP contribution is -2.40. The van der Waals surface area contributed by atoms with Gasteiger partial charge < -0.3 is 24.8 Å². The Bertz CT molecular complexity index is 1080. The number of anilines is 2. The Balaban J connectivity index is 1.64. The summed E-state index contributed by atoms with van der Waals surface area (Å²) in [5.41, 5.74) is 1.14. The van der Waals surface area contributed by atoms with Crippen LogP contribution in [-0.2, 0) is 24.3 Å². The van der Waals surface area contributed by atoms with Crippen molar-refractivity contribution in [1.29, 1.82) is 0 Å². The molecule has 0 radical (unpaired) electrons. The van der Waals surface area contributed by atoms with Gasteiger partial charge in [-0.2, -0.15) is 4.31 Å². The van der Waals surface area contributed by atoms with Crippen molar-refractivity contribution < 1.29 is 32.6 Å². The van der Waals surface area contributed by atoms with Crippen LogP contribution in [0.4, 0.5) is 11.4 Å². The molecule has 11 heteroatoms. The van der Waals surface area contributed by atoms with Gasteiger partial charge in [-0.1, -0.05) is 0 Å². The van der Waals surface area contributed by atoms with Crippen LogP contribution in [0, 0.1) is 0 Å². The predicted molar refractivity (Wildman–Crippen MR) is 117 cm³/mol. The molecule has 1 saturated heterocycles. The maximum atomic E-state index is 12.8. The summed E-state index contributed by atoms with van der Waals surface area (Å²) in [5, 5.41) is 12.6. The number of carbonyl (C=O) groups excluding carboxylic acids is 2. The predicted octanol–water partition coefficient (Wildman–Crippen LogP) is 1.27. The number of ether oxygens (including phenoxy) is 2. The largest absolute Gasteiger partial charge is 0.507 e. The Kier molecular flexibility index (Phi) is 7.33. The standard InChI is InChI=1S/C21H25N3O7S/c1-23(2)16-5-3-15(4-6-16)22-20(26)14-31-21(27)18-13-17(7-8-19(18)25)32(28,29)24-9-11-30-12-10-24/h3-8,13,25H,9-12,14H2,1-2H3,(H,22,26). The molecule has 1 amide bonds. The van der Waals surface area contributed by atoms with E-state index in [1.54, 1.807) is 12.1 Å². The summed E-state index contributed by atoms with van der Waals surface area (Å²) in [6.45, 7) is 0.337. The summed E-state index contributed by atoms with van der Waals surface area (Å²) in [5.74, 6) is -2.04. The first-order valence-electron chi connectivity index (χ1n) is 9.84. The molecule has 0 saturated carbocycles. The SMILES string of the molecule is CN(C)c1ccc(NC(=O)COC(=O)c2cc(S(=O)(=O)N3CCOCC3)ccc2O)cc1. The van der Waals surface area contributed by atoms with Crippen molar-refractivity contribution in [3.05, 3.63) is 48.0 Å². The van der Waals surface area contributed by atoms with Crippen LogP contribution < -0.4 is 10.2 Å². The number of amides is 1. The van der Waals surface area contributed by atoms with Gasteiger partial charge in [-0.3, -0.25) is 4.79 Å². The van der Waals surface area contributed by atoms with Crippen LogP contribution in [0.1, 0.15) is 10.4 Å². The van der Waals surface area contributed by atoms with Gasteiger partial charge in [0.1, 0.15) is 11.3 Å². The Morgan fingerprint density at radius 1 is 1.12 bits per heavy atom. The number of hydrogen-bond donors (Lipinski definition) is 2. The van der Waals surface area contributed by atoms with Crippen LogP contribution in [0.3, 0.4) is 0 Å². The monoisotopic (exact) mass is 463 g/mol. The van der Waals surface area contributed by atoms with Gasteiger partial charge in [0.15, 0.2) is 6.61 Å². The Labute approximate surface area is 186 Å². The maximum absolute atomic E-state index is 12.8. The van der Waals surface area contributed by atoms with Crippen molar-refractivity contribution in [1.82, 2.24) is 4.31 Å². The van der Waals surface area contributed by atoms with Crippen molar-refractivity contribution in [2.45, 2.75) is 4.90 Å². The van der Waals surface area contributed by atoms with Crippen LogP contribution in [-0.4, -0.2) is 76.7 Å². The molecule has 2 N–H and O–H groups in total. The van der Waals surface area contributed by atoms with E-state index in [4.69, 9.17) is 9.47 Å². The van der Waals surface area contributed by atoms with Crippen molar-refractivity contribution in [2.24, 2.45) is 0 Å². The van der Waals surface area contributed by atoms with E-state index in [0.29, 0.717) is 5.69 Å². The number of sulfonamides is 1. The number of aromatic hydroxyl groups is 1. The molecule has 3 rings (SSSR count). The van der Waals surface area contributed by atoms with Gasteiger partial charge in [0.05, 0.1) is 18.1 Å². The quantitative estimate of drug-likeness (QED) is 0.588. The van der Waals surface area contributed by atoms with Crippen molar-refractivity contribution in [2.75, 3.05) is 57.2 Å². The van der Waals surface area contributed by atoms with Crippen LogP contribution in [0.15, 0.2) is 47.4 Å². The molecule has 0 spiro atoms. The minimum Gasteiger partial charge on any atom is -0.507 e. The highest BCUT2D eigenvalue weighted by atomic mass is 32.2. The molecule has 2 aromatic rings. The van der Waals surface area contributed by atoms with Gasteiger partial charge in [-0.25, -0.2) is 13.2 Å². The Morgan fingerprint density at radius 3 is 2.41 bits per heavy atom. The van der Waals surface area contributed by atoms with Gasteiger partial charge in [0.25, 0.3) is 5.91 Å². The fourth-order valence-electron chi connectivity index (χ4n) is 3.02. The van der Waals surface area contributed by atoms with E-state index >= 15 is 0 Å². The maximum Gasteiger partial charge on any atom is 0.342 e. The molecule has 32 heavy (non-hydrogen) atoms. The molecular weight excluding hydrogens is 438 g/mol. The third kappa shape index (κ3) is 5.55. The third-order valence-corrected chi connectivity index (χ3v) is 6.69. The lowest BCUT2D eigenvalue weighted by Gasteiger charge is -2.26. The molecule has 1 aliphatic rings. The fraction of sp³-hybridized carbons (Fsp3) is 0.333. The summed E-state index contributed by atoms with van der Waals surface area (Å²) in [4.78, 5) is 26.3. The van der Waals surface area contributed by atoms with E-state index < -0.39 is 34.3 Å². The molecular formula is C21H25N3O7S. The van der Waals surface area contributed by atoms with E-state index in [-0.39, 0.29) is 36.8 Å². The number of rotatable bonds is 7. The molecule has 1 heterocycles. The molecule has 1 aliphatic heterocycles. The number of benzene rings is 2. The molecule has 0 atom stereocenters. The second-order valence-electron chi connectivity index (χ2n) is 7.26. The van der Waals surface area contributed by atoms with Crippen LogP contribution in [0.25, 0.3) is 0 Å². The molecule has 2 aromatic carbocycles. The van der Waals surface area contributed by atoms with Gasteiger partial charge in [0, 0.05) is 38.6 Å². The van der Waals surface area contributed by atoms with E-state index in [9.17, 15) is 23.1 Å². The zero-order valence-corrected chi connectivity index (χ0v) is 18.6. The smallest absolute Gasteiger partial charge is 0.342 e. The number of phenolic OH excluding ortho intramolecular Hbond substituents is 1. The second kappa shape index (κ2) is 9.98. The molecule has 0 aliphatic carbocycles. The number of phenols is 1. The van der Waals surface area contributed by atoms with Gasteiger partial charge in [-0.15, -0.1) is 0 Å². The van der Waals surface area contributed by atoms with E-state index in [2.05, 4.69) is 5.32 Å². The summed E-state index contributed by atoms with van der Waals surface area (Å²) in [6, 6.07) is 10.4. The number of esters is 1. The van der Waals surface area contributed by atoms with Crippen molar-refractivity contribution in [3.63, 3.8) is 0 Å². The highest BCUT2D eigenvalue weighted by molar-refractivity contribution is 7.89. The van der Waals surface area contributed by atoms with Crippen LogP contribution in [0.2, 0.25) is 0 Å². The van der Waals surface area contributed by atoms with E-state index in [1.165, 1.54) is 10.4 Å². The first kappa shape index (κ1) is 23.5. The number of nitrogens with one attached hydrogen (secondary N) is 1. The molecule has 172 valence electrons. The summed E-state index contributed by atoms with van der Waals surface area (Å²) in [6.07, 6.45) is 0. The summed E-state index contributed by atoms with van der Waals surface area (Å²) in [7, 11) is -0.0798.